The summed E-state index contributed by atoms with van der Waals surface area (Å²) < 4.78 is 15.4. The lowest BCUT2D eigenvalue weighted by Gasteiger charge is -2.13. The number of methoxy groups -OCH3 is 1. The molecule has 0 N–H and O–H groups in total. The van der Waals surface area contributed by atoms with E-state index in [4.69, 9.17) is 15.0 Å². The van der Waals surface area contributed by atoms with E-state index in [0.29, 0.717) is 24.7 Å². The van der Waals surface area contributed by atoms with E-state index in [0.717, 1.165) is 0 Å². The van der Waals surface area contributed by atoms with Gasteiger partial charge in [-0.2, -0.15) is 0 Å². The molecule has 0 atom stereocenters. The molecule has 0 saturated heterocycles. The molecule has 0 bridgehead atoms. The summed E-state index contributed by atoms with van der Waals surface area (Å²) in [5.74, 6) is 0.215. The average molecular weight is 265 g/mol. The SMILES string of the molecule is CCOc1cc(N=[N+]=[N-])c(C(=O)OC)cc1OCC. The highest BCUT2D eigenvalue weighted by Crippen LogP contribution is 2.35. The molecule has 0 radical (unpaired) electrons. The predicted molar refractivity (Wildman–Crippen MR) is 68.9 cm³/mol. The van der Waals surface area contributed by atoms with Crippen molar-refractivity contribution in [2.24, 2.45) is 5.11 Å². The van der Waals surface area contributed by atoms with Crippen LogP contribution in [0.1, 0.15) is 24.2 Å². The molecule has 7 heteroatoms. The Balaban J connectivity index is 3.39. The fraction of sp³-hybridized carbons (Fsp3) is 0.417. The monoisotopic (exact) mass is 265 g/mol. The van der Waals surface area contributed by atoms with Crippen molar-refractivity contribution in [1.29, 1.82) is 0 Å². The van der Waals surface area contributed by atoms with Gasteiger partial charge in [0.2, 0.25) is 0 Å². The molecular weight excluding hydrogens is 250 g/mol. The molecule has 1 aromatic rings. The van der Waals surface area contributed by atoms with Gasteiger partial charge < -0.3 is 14.2 Å². The molecule has 1 rings (SSSR count). The van der Waals surface area contributed by atoms with Crippen LogP contribution in [0.5, 0.6) is 11.5 Å². The second kappa shape index (κ2) is 7.13. The van der Waals surface area contributed by atoms with Crippen molar-refractivity contribution in [3.05, 3.63) is 28.1 Å². The second-order valence-electron chi connectivity index (χ2n) is 3.36. The summed E-state index contributed by atoms with van der Waals surface area (Å²) in [6, 6.07) is 2.91. The molecule has 19 heavy (non-hydrogen) atoms. The quantitative estimate of drug-likeness (QED) is 0.341. The number of esters is 1. The van der Waals surface area contributed by atoms with Crippen LogP contribution in [-0.2, 0) is 4.74 Å². The van der Waals surface area contributed by atoms with Crippen LogP contribution in [0.4, 0.5) is 5.69 Å². The molecule has 1 aromatic carbocycles. The lowest BCUT2D eigenvalue weighted by molar-refractivity contribution is 0.0601. The number of hydrogen-bond donors (Lipinski definition) is 0. The molecule has 0 fully saturated rings. The smallest absolute Gasteiger partial charge is 0.338 e. The summed E-state index contributed by atoms with van der Waals surface area (Å²) in [7, 11) is 1.25. The maximum absolute atomic E-state index is 11.6. The third-order valence-corrected chi connectivity index (χ3v) is 2.22. The minimum Gasteiger partial charge on any atom is -0.490 e. The third kappa shape index (κ3) is 3.53. The number of azide groups is 1. The van der Waals surface area contributed by atoms with Crippen molar-refractivity contribution in [2.75, 3.05) is 20.3 Å². The van der Waals surface area contributed by atoms with Gasteiger partial charge in [-0.15, -0.1) is 0 Å². The Bertz CT molecular complexity index is 510. The van der Waals surface area contributed by atoms with Crippen LogP contribution in [0.3, 0.4) is 0 Å². The molecule has 0 aliphatic carbocycles. The summed E-state index contributed by atoms with van der Waals surface area (Å²) in [6.45, 7) is 4.47. The minimum atomic E-state index is -0.605. The fourth-order valence-corrected chi connectivity index (χ4v) is 1.49. The van der Waals surface area contributed by atoms with Gasteiger partial charge in [0.15, 0.2) is 11.5 Å². The topological polar surface area (TPSA) is 93.5 Å². The van der Waals surface area contributed by atoms with Gasteiger partial charge in [0, 0.05) is 4.91 Å². The highest BCUT2D eigenvalue weighted by Gasteiger charge is 2.17. The fourth-order valence-electron chi connectivity index (χ4n) is 1.49. The van der Waals surface area contributed by atoms with Gasteiger partial charge in [0.1, 0.15) is 0 Å². The molecule has 0 heterocycles. The number of benzene rings is 1. The molecule has 0 spiro atoms. The zero-order valence-corrected chi connectivity index (χ0v) is 11.0. The molecule has 0 aliphatic rings. The van der Waals surface area contributed by atoms with Gasteiger partial charge >= 0.3 is 5.97 Å². The predicted octanol–water partition coefficient (Wildman–Crippen LogP) is 3.21. The molecule has 0 aromatic heterocycles. The van der Waals surface area contributed by atoms with Gasteiger partial charge in [-0.3, -0.25) is 0 Å². The summed E-state index contributed by atoms with van der Waals surface area (Å²) in [5, 5.41) is 3.46. The summed E-state index contributed by atoms with van der Waals surface area (Å²) in [6.07, 6.45) is 0. The van der Waals surface area contributed by atoms with Crippen molar-refractivity contribution in [3.63, 3.8) is 0 Å². The Labute approximate surface area is 110 Å². The van der Waals surface area contributed by atoms with Crippen LogP contribution in [0.25, 0.3) is 10.4 Å². The maximum Gasteiger partial charge on any atom is 0.338 e. The zero-order valence-electron chi connectivity index (χ0n) is 11.0. The first-order valence-electron chi connectivity index (χ1n) is 5.74. The van der Waals surface area contributed by atoms with Crippen LogP contribution in [-0.4, -0.2) is 26.3 Å². The normalized spacial score (nSPS) is 9.42. The van der Waals surface area contributed by atoms with Crippen molar-refractivity contribution in [1.82, 2.24) is 0 Å². The number of ether oxygens (including phenoxy) is 3. The van der Waals surface area contributed by atoms with E-state index in [-0.39, 0.29) is 11.3 Å². The summed E-state index contributed by atoms with van der Waals surface area (Å²) >= 11 is 0. The lowest BCUT2D eigenvalue weighted by atomic mass is 10.1. The largest absolute Gasteiger partial charge is 0.490 e. The van der Waals surface area contributed by atoms with Crippen LogP contribution < -0.4 is 9.47 Å². The van der Waals surface area contributed by atoms with Crippen molar-refractivity contribution >= 4 is 11.7 Å². The Morgan fingerprint density at radius 1 is 1.26 bits per heavy atom. The number of nitrogens with zero attached hydrogens (tertiary/aromatic N) is 3. The number of rotatable bonds is 6. The molecule has 102 valence electrons. The second-order valence-corrected chi connectivity index (χ2v) is 3.36. The van der Waals surface area contributed by atoms with Gasteiger partial charge in [-0.25, -0.2) is 4.79 Å². The molecule has 7 nitrogen and oxygen atoms in total. The maximum atomic E-state index is 11.6. The number of carbonyl (C=O) groups is 1. The molecule has 0 unspecified atom stereocenters. The minimum absolute atomic E-state index is 0.132. The molecular formula is C12H15N3O4. The van der Waals surface area contributed by atoms with E-state index in [1.807, 2.05) is 13.8 Å². The third-order valence-electron chi connectivity index (χ3n) is 2.22. The van der Waals surface area contributed by atoms with Crippen LogP contribution in [0.2, 0.25) is 0 Å². The van der Waals surface area contributed by atoms with Crippen molar-refractivity contribution in [2.45, 2.75) is 13.8 Å². The van der Waals surface area contributed by atoms with E-state index >= 15 is 0 Å². The van der Waals surface area contributed by atoms with E-state index in [1.165, 1.54) is 19.2 Å². The van der Waals surface area contributed by atoms with E-state index in [9.17, 15) is 4.79 Å². The van der Waals surface area contributed by atoms with Gasteiger partial charge in [0.25, 0.3) is 0 Å². The number of carbonyl (C=O) groups excluding carboxylic acids is 1. The zero-order chi connectivity index (χ0) is 14.3. The van der Waals surface area contributed by atoms with E-state index in [1.54, 1.807) is 0 Å². The highest BCUT2D eigenvalue weighted by atomic mass is 16.5. The lowest BCUT2D eigenvalue weighted by Crippen LogP contribution is -2.05. The van der Waals surface area contributed by atoms with E-state index < -0.39 is 5.97 Å². The van der Waals surface area contributed by atoms with Gasteiger partial charge in [0.05, 0.1) is 31.6 Å². The summed E-state index contributed by atoms with van der Waals surface area (Å²) in [5.41, 5.74) is 8.80. The van der Waals surface area contributed by atoms with Crippen LogP contribution in [0.15, 0.2) is 17.2 Å². The molecule has 0 amide bonds. The Morgan fingerprint density at radius 3 is 2.32 bits per heavy atom. The number of hydrogen-bond acceptors (Lipinski definition) is 5. The van der Waals surface area contributed by atoms with Crippen LogP contribution in [0, 0.1) is 0 Å². The van der Waals surface area contributed by atoms with Gasteiger partial charge in [-0.05, 0) is 31.5 Å². The first-order chi connectivity index (χ1) is 9.17. The Hall–Kier alpha value is -2.40. The Kier molecular flexibility index (Phi) is 5.50. The van der Waals surface area contributed by atoms with Crippen molar-refractivity contribution < 1.29 is 19.0 Å². The van der Waals surface area contributed by atoms with Crippen molar-refractivity contribution in [3.8, 4) is 11.5 Å². The van der Waals surface area contributed by atoms with Gasteiger partial charge in [-0.1, -0.05) is 5.11 Å². The molecule has 0 aliphatic heterocycles. The first-order valence-corrected chi connectivity index (χ1v) is 5.74. The summed E-state index contributed by atoms with van der Waals surface area (Å²) in [4.78, 5) is 14.3. The van der Waals surface area contributed by atoms with Crippen LogP contribution >= 0.6 is 0 Å². The molecule has 0 saturated carbocycles. The standard InChI is InChI=1S/C12H15N3O4/c1-4-18-10-6-8(12(16)17-3)9(14-15-13)7-11(10)19-5-2/h6-7H,4-5H2,1-3H3. The average Bonchev–Trinajstić information content (AvgIpc) is 2.41. The highest BCUT2D eigenvalue weighted by molar-refractivity contribution is 5.95. The van der Waals surface area contributed by atoms with E-state index in [2.05, 4.69) is 14.8 Å². The Morgan fingerprint density at radius 2 is 1.84 bits per heavy atom. The first kappa shape index (κ1) is 14.7.